The number of hydrogen-bond donors (Lipinski definition) is 2. The van der Waals surface area contributed by atoms with Crippen LogP contribution in [0.25, 0.3) is 0 Å². The third-order valence-corrected chi connectivity index (χ3v) is 4.22. The summed E-state index contributed by atoms with van der Waals surface area (Å²) in [7, 11) is 0. The Morgan fingerprint density at radius 2 is 1.93 bits per heavy atom. The van der Waals surface area contributed by atoms with E-state index in [1.165, 1.54) is 6.21 Å². The molecule has 2 aromatic carbocycles. The van der Waals surface area contributed by atoms with E-state index < -0.39 is 0 Å². The largest absolute Gasteiger partial charge is 0.507 e. The third-order valence-electron chi connectivity index (χ3n) is 4.22. The van der Waals surface area contributed by atoms with Crippen molar-refractivity contribution in [1.29, 1.82) is 0 Å². The number of aryl methyl sites for hydroxylation is 2. The Morgan fingerprint density at radius 1 is 1.19 bits per heavy atom. The van der Waals surface area contributed by atoms with Gasteiger partial charge in [-0.2, -0.15) is 5.10 Å². The Kier molecular flexibility index (Phi) is 7.23. The molecule has 0 bridgehead atoms. The van der Waals surface area contributed by atoms with Gasteiger partial charge in [0.1, 0.15) is 11.5 Å². The number of hydrazone groups is 1. The molecule has 0 spiro atoms. The molecule has 0 fully saturated rings. The minimum absolute atomic E-state index is 0.115. The first-order valence-corrected chi connectivity index (χ1v) is 9.04. The number of anilines is 1. The van der Waals surface area contributed by atoms with Crippen molar-refractivity contribution in [2.24, 2.45) is 5.10 Å². The number of carbonyl (C=O) groups is 1. The van der Waals surface area contributed by atoms with E-state index in [0.717, 1.165) is 29.9 Å². The molecule has 2 rings (SSSR count). The van der Waals surface area contributed by atoms with Crippen LogP contribution >= 0.6 is 0 Å². The van der Waals surface area contributed by atoms with Crippen molar-refractivity contribution in [2.75, 3.05) is 24.6 Å². The Balaban J connectivity index is 1.90. The molecule has 6 nitrogen and oxygen atoms in total. The predicted molar refractivity (Wildman–Crippen MR) is 109 cm³/mol. The molecule has 1 amide bonds. The van der Waals surface area contributed by atoms with E-state index in [1.54, 1.807) is 12.1 Å². The SMILES string of the molecule is CCN(CC)c1ccc(/C=N\NC(=O)COc2ccc(C)cc2C)c(O)c1. The van der Waals surface area contributed by atoms with Gasteiger partial charge in [0.05, 0.1) is 6.21 Å². The highest BCUT2D eigenvalue weighted by Gasteiger charge is 2.07. The lowest BCUT2D eigenvalue weighted by Crippen LogP contribution is -2.24. The first-order valence-electron chi connectivity index (χ1n) is 9.04. The van der Waals surface area contributed by atoms with Crippen LogP contribution in [0.15, 0.2) is 41.5 Å². The van der Waals surface area contributed by atoms with Crippen LogP contribution in [-0.2, 0) is 4.79 Å². The van der Waals surface area contributed by atoms with E-state index in [1.807, 2.05) is 38.1 Å². The van der Waals surface area contributed by atoms with Gasteiger partial charge >= 0.3 is 0 Å². The van der Waals surface area contributed by atoms with Gasteiger partial charge in [0.15, 0.2) is 6.61 Å². The summed E-state index contributed by atoms with van der Waals surface area (Å²) < 4.78 is 5.51. The molecule has 0 aliphatic heterocycles. The first kappa shape index (κ1) is 20.3. The molecule has 2 aromatic rings. The summed E-state index contributed by atoms with van der Waals surface area (Å²) in [5.74, 6) is 0.416. The fourth-order valence-electron chi connectivity index (χ4n) is 2.74. The zero-order valence-corrected chi connectivity index (χ0v) is 16.3. The van der Waals surface area contributed by atoms with Gasteiger partial charge in [-0.05, 0) is 51.5 Å². The maximum atomic E-state index is 11.9. The normalized spacial score (nSPS) is 10.8. The molecular formula is C21H27N3O3. The topological polar surface area (TPSA) is 74.2 Å². The van der Waals surface area contributed by atoms with Gasteiger partial charge in [-0.1, -0.05) is 17.7 Å². The summed E-state index contributed by atoms with van der Waals surface area (Å²) in [5.41, 5.74) is 5.99. The molecule has 6 heteroatoms. The second-order valence-electron chi connectivity index (χ2n) is 6.27. The lowest BCUT2D eigenvalue weighted by molar-refractivity contribution is -0.123. The van der Waals surface area contributed by atoms with Crippen LogP contribution in [0.5, 0.6) is 11.5 Å². The molecular weight excluding hydrogens is 342 g/mol. The standard InChI is InChI=1S/C21H27N3O3/c1-5-24(6-2)18-9-8-17(19(25)12-18)13-22-23-21(26)14-27-20-10-7-15(3)11-16(20)4/h7-13,25H,5-6,14H2,1-4H3,(H,23,26)/b22-13-. The number of rotatable bonds is 8. The molecule has 27 heavy (non-hydrogen) atoms. The number of amides is 1. The summed E-state index contributed by atoms with van der Waals surface area (Å²) in [6.07, 6.45) is 1.41. The summed E-state index contributed by atoms with van der Waals surface area (Å²) in [6.45, 7) is 9.65. The van der Waals surface area contributed by atoms with E-state index >= 15 is 0 Å². The van der Waals surface area contributed by atoms with Crippen molar-refractivity contribution in [1.82, 2.24) is 5.43 Å². The highest BCUT2D eigenvalue weighted by molar-refractivity contribution is 5.86. The van der Waals surface area contributed by atoms with Crippen LogP contribution in [0.4, 0.5) is 5.69 Å². The predicted octanol–water partition coefficient (Wildman–Crippen LogP) is 3.38. The van der Waals surface area contributed by atoms with Crippen LogP contribution < -0.4 is 15.1 Å². The van der Waals surface area contributed by atoms with Crippen molar-refractivity contribution in [3.8, 4) is 11.5 Å². The van der Waals surface area contributed by atoms with E-state index in [2.05, 4.69) is 29.3 Å². The van der Waals surface area contributed by atoms with Crippen molar-refractivity contribution in [3.63, 3.8) is 0 Å². The van der Waals surface area contributed by atoms with Crippen LogP contribution in [0.2, 0.25) is 0 Å². The van der Waals surface area contributed by atoms with Crippen molar-refractivity contribution in [2.45, 2.75) is 27.7 Å². The molecule has 0 saturated heterocycles. The van der Waals surface area contributed by atoms with Gasteiger partial charge in [-0.3, -0.25) is 4.79 Å². The van der Waals surface area contributed by atoms with E-state index in [9.17, 15) is 9.90 Å². The number of nitrogens with one attached hydrogen (secondary N) is 1. The maximum absolute atomic E-state index is 11.9. The lowest BCUT2D eigenvalue weighted by Gasteiger charge is -2.21. The molecule has 144 valence electrons. The highest BCUT2D eigenvalue weighted by Crippen LogP contribution is 2.23. The average Bonchev–Trinajstić information content (AvgIpc) is 2.63. The molecule has 0 heterocycles. The summed E-state index contributed by atoms with van der Waals surface area (Å²) in [6, 6.07) is 11.2. The number of nitrogens with zero attached hydrogens (tertiary/aromatic N) is 2. The van der Waals surface area contributed by atoms with Gasteiger partial charge in [0.25, 0.3) is 5.91 Å². The van der Waals surface area contributed by atoms with Gasteiger partial charge in [-0.15, -0.1) is 0 Å². The molecule has 0 aliphatic rings. The monoisotopic (exact) mass is 369 g/mol. The maximum Gasteiger partial charge on any atom is 0.277 e. The molecule has 0 saturated carbocycles. The third kappa shape index (κ3) is 5.74. The number of hydrogen-bond acceptors (Lipinski definition) is 5. The van der Waals surface area contributed by atoms with Crippen LogP contribution in [-0.4, -0.2) is 36.9 Å². The van der Waals surface area contributed by atoms with E-state index in [0.29, 0.717) is 11.3 Å². The second kappa shape index (κ2) is 9.62. The Hall–Kier alpha value is -3.02. The van der Waals surface area contributed by atoms with E-state index in [-0.39, 0.29) is 18.3 Å². The second-order valence-corrected chi connectivity index (χ2v) is 6.27. The fraction of sp³-hybridized carbons (Fsp3) is 0.333. The van der Waals surface area contributed by atoms with Gasteiger partial charge in [0, 0.05) is 30.4 Å². The van der Waals surface area contributed by atoms with Gasteiger partial charge in [-0.25, -0.2) is 5.43 Å². The van der Waals surface area contributed by atoms with Crippen LogP contribution in [0.3, 0.4) is 0 Å². The number of aromatic hydroxyl groups is 1. The van der Waals surface area contributed by atoms with Crippen molar-refractivity contribution in [3.05, 3.63) is 53.1 Å². The average molecular weight is 369 g/mol. The van der Waals surface area contributed by atoms with Gasteiger partial charge in [0.2, 0.25) is 0 Å². The molecule has 0 unspecified atom stereocenters. The first-order chi connectivity index (χ1) is 12.9. The number of benzene rings is 2. The Morgan fingerprint density at radius 3 is 2.56 bits per heavy atom. The molecule has 0 aromatic heterocycles. The fourth-order valence-corrected chi connectivity index (χ4v) is 2.74. The minimum atomic E-state index is -0.370. The lowest BCUT2D eigenvalue weighted by atomic mass is 10.1. The Labute approximate surface area is 160 Å². The number of carbonyl (C=O) groups excluding carboxylic acids is 1. The number of phenols is 1. The zero-order chi connectivity index (χ0) is 19.8. The molecule has 0 atom stereocenters. The molecule has 0 aliphatic carbocycles. The summed E-state index contributed by atoms with van der Waals surface area (Å²) in [4.78, 5) is 14.0. The van der Waals surface area contributed by atoms with Crippen LogP contribution in [0.1, 0.15) is 30.5 Å². The molecule has 0 radical (unpaired) electrons. The molecule has 2 N–H and O–H groups in total. The van der Waals surface area contributed by atoms with Crippen molar-refractivity contribution < 1.29 is 14.6 Å². The minimum Gasteiger partial charge on any atom is -0.507 e. The van der Waals surface area contributed by atoms with Crippen molar-refractivity contribution >= 4 is 17.8 Å². The summed E-state index contributed by atoms with van der Waals surface area (Å²) in [5, 5.41) is 14.0. The van der Waals surface area contributed by atoms with E-state index in [4.69, 9.17) is 4.74 Å². The number of ether oxygens (including phenoxy) is 1. The quantitative estimate of drug-likeness (QED) is 0.553. The zero-order valence-electron chi connectivity index (χ0n) is 16.3. The Bertz CT molecular complexity index is 814. The smallest absolute Gasteiger partial charge is 0.277 e. The van der Waals surface area contributed by atoms with Crippen LogP contribution in [0, 0.1) is 13.8 Å². The summed E-state index contributed by atoms with van der Waals surface area (Å²) >= 11 is 0. The highest BCUT2D eigenvalue weighted by atomic mass is 16.5. The van der Waals surface area contributed by atoms with Gasteiger partial charge < -0.3 is 14.7 Å². The number of phenolic OH excluding ortho intramolecular Hbond substituents is 1.